The molecular weight excluding hydrogens is 268 g/mol. The van der Waals surface area contributed by atoms with Gasteiger partial charge in [0.2, 0.25) is 6.10 Å². The van der Waals surface area contributed by atoms with Crippen molar-refractivity contribution in [2.75, 3.05) is 6.54 Å². The van der Waals surface area contributed by atoms with Crippen molar-refractivity contribution in [3.8, 4) is 0 Å². The molecule has 0 aliphatic rings. The molecule has 0 amide bonds. The zero-order valence-electron chi connectivity index (χ0n) is 10.5. The topological polar surface area (TPSA) is 133 Å². The summed E-state index contributed by atoms with van der Waals surface area (Å²) in [5.41, 5.74) is 4.64. The molecule has 1 aromatic carbocycles. The van der Waals surface area contributed by atoms with Crippen LogP contribution in [-0.2, 0) is 14.3 Å². The third-order valence-electron chi connectivity index (χ3n) is 2.47. The summed E-state index contributed by atoms with van der Waals surface area (Å²) in [6.07, 6.45) is -1.40. The standard InChI is InChI=1S/C12H14N2O6/c13-7-3-6-10(15)20-11(12(16)17)8-4-1-2-5-9(8)14(18)19/h1-2,4-5,11H,3,6-7,13H2,(H,16,17). The molecule has 3 N–H and O–H groups in total. The van der Waals surface area contributed by atoms with Crippen molar-refractivity contribution in [3.63, 3.8) is 0 Å². The number of nitrogens with zero attached hydrogens (tertiary/aromatic N) is 1. The average Bonchev–Trinajstić information content (AvgIpc) is 2.42. The summed E-state index contributed by atoms with van der Waals surface area (Å²) < 4.78 is 4.79. The number of rotatable bonds is 7. The highest BCUT2D eigenvalue weighted by molar-refractivity contribution is 5.80. The van der Waals surface area contributed by atoms with Gasteiger partial charge in [-0.15, -0.1) is 0 Å². The molecule has 0 bridgehead atoms. The molecular formula is C12H14N2O6. The van der Waals surface area contributed by atoms with Crippen LogP contribution in [0.1, 0.15) is 24.5 Å². The first-order valence-electron chi connectivity index (χ1n) is 5.83. The maximum atomic E-state index is 11.5. The second kappa shape index (κ2) is 7.19. The molecule has 8 nitrogen and oxygen atoms in total. The third-order valence-corrected chi connectivity index (χ3v) is 2.47. The predicted molar refractivity (Wildman–Crippen MR) is 67.9 cm³/mol. The first kappa shape index (κ1) is 15.6. The van der Waals surface area contributed by atoms with Crippen molar-refractivity contribution in [2.24, 2.45) is 5.73 Å². The molecule has 0 saturated heterocycles. The van der Waals surface area contributed by atoms with Crippen LogP contribution in [0.25, 0.3) is 0 Å². The summed E-state index contributed by atoms with van der Waals surface area (Å²) in [6, 6.07) is 5.23. The number of carbonyl (C=O) groups is 2. The summed E-state index contributed by atoms with van der Waals surface area (Å²) in [6.45, 7) is 0.262. The number of esters is 1. The highest BCUT2D eigenvalue weighted by atomic mass is 16.6. The normalized spacial score (nSPS) is 11.7. The fraction of sp³-hybridized carbons (Fsp3) is 0.333. The van der Waals surface area contributed by atoms with E-state index in [1.807, 2.05) is 0 Å². The minimum Gasteiger partial charge on any atom is -0.478 e. The zero-order valence-corrected chi connectivity index (χ0v) is 10.5. The molecule has 1 atom stereocenters. The molecule has 0 aliphatic heterocycles. The lowest BCUT2D eigenvalue weighted by Gasteiger charge is -2.14. The smallest absolute Gasteiger partial charge is 0.350 e. The number of carboxylic acids is 1. The Morgan fingerprint density at radius 2 is 2.05 bits per heavy atom. The van der Waals surface area contributed by atoms with Gasteiger partial charge in [0, 0.05) is 12.5 Å². The molecule has 0 aliphatic carbocycles. The van der Waals surface area contributed by atoms with Gasteiger partial charge in [0.1, 0.15) is 0 Å². The van der Waals surface area contributed by atoms with E-state index < -0.39 is 28.7 Å². The Hall–Kier alpha value is -2.48. The van der Waals surface area contributed by atoms with E-state index in [0.29, 0.717) is 6.42 Å². The Morgan fingerprint density at radius 1 is 1.40 bits per heavy atom. The monoisotopic (exact) mass is 282 g/mol. The number of hydrogen-bond donors (Lipinski definition) is 2. The van der Waals surface area contributed by atoms with Gasteiger partial charge in [-0.1, -0.05) is 12.1 Å². The molecule has 0 heterocycles. The molecule has 0 radical (unpaired) electrons. The molecule has 0 aromatic heterocycles. The lowest BCUT2D eigenvalue weighted by atomic mass is 10.1. The molecule has 20 heavy (non-hydrogen) atoms. The van der Waals surface area contributed by atoms with Crippen LogP contribution in [0.4, 0.5) is 5.69 Å². The van der Waals surface area contributed by atoms with Crippen LogP contribution in [-0.4, -0.2) is 28.5 Å². The number of nitrogens with two attached hydrogens (primary N) is 1. The Kier molecular flexibility index (Phi) is 5.60. The van der Waals surface area contributed by atoms with E-state index in [1.54, 1.807) is 0 Å². The van der Waals surface area contributed by atoms with Crippen LogP contribution in [0.3, 0.4) is 0 Å². The minimum atomic E-state index is -1.71. The van der Waals surface area contributed by atoms with E-state index >= 15 is 0 Å². The van der Waals surface area contributed by atoms with Crippen LogP contribution in [0.2, 0.25) is 0 Å². The summed E-state index contributed by atoms with van der Waals surface area (Å²) in [4.78, 5) is 32.8. The van der Waals surface area contributed by atoms with Crippen LogP contribution >= 0.6 is 0 Å². The number of benzene rings is 1. The fourth-order valence-electron chi connectivity index (χ4n) is 1.56. The summed E-state index contributed by atoms with van der Waals surface area (Å²) in [5.74, 6) is -2.23. The van der Waals surface area contributed by atoms with Gasteiger partial charge in [-0.3, -0.25) is 14.9 Å². The maximum absolute atomic E-state index is 11.5. The van der Waals surface area contributed by atoms with Gasteiger partial charge >= 0.3 is 11.9 Å². The van der Waals surface area contributed by atoms with Gasteiger partial charge in [-0.2, -0.15) is 0 Å². The highest BCUT2D eigenvalue weighted by Crippen LogP contribution is 2.28. The van der Waals surface area contributed by atoms with Crippen LogP contribution in [0.15, 0.2) is 24.3 Å². The number of ether oxygens (including phenoxy) is 1. The van der Waals surface area contributed by atoms with Gasteiger partial charge in [-0.25, -0.2) is 4.79 Å². The van der Waals surface area contributed by atoms with Crippen molar-refractivity contribution in [1.29, 1.82) is 0 Å². The SMILES string of the molecule is NCCCC(=O)OC(C(=O)O)c1ccccc1[N+](=O)[O-]. The summed E-state index contributed by atoms with van der Waals surface area (Å²) >= 11 is 0. The average molecular weight is 282 g/mol. The molecule has 0 saturated carbocycles. The second-order valence-electron chi connectivity index (χ2n) is 3.92. The van der Waals surface area contributed by atoms with Gasteiger partial charge in [-0.05, 0) is 19.0 Å². The Morgan fingerprint density at radius 3 is 2.60 bits per heavy atom. The zero-order chi connectivity index (χ0) is 15.1. The quantitative estimate of drug-likeness (QED) is 0.433. The van der Waals surface area contributed by atoms with E-state index in [2.05, 4.69) is 0 Å². The predicted octanol–water partition coefficient (Wildman–Crippen LogP) is 1.00. The molecule has 1 unspecified atom stereocenters. The van der Waals surface area contributed by atoms with Crippen molar-refractivity contribution >= 4 is 17.6 Å². The second-order valence-corrected chi connectivity index (χ2v) is 3.92. The fourth-order valence-corrected chi connectivity index (χ4v) is 1.56. The van der Waals surface area contributed by atoms with E-state index in [0.717, 1.165) is 6.07 Å². The van der Waals surface area contributed by atoms with Gasteiger partial charge < -0.3 is 15.6 Å². The van der Waals surface area contributed by atoms with Crippen LogP contribution < -0.4 is 5.73 Å². The van der Waals surface area contributed by atoms with Gasteiger partial charge in [0.15, 0.2) is 0 Å². The van der Waals surface area contributed by atoms with E-state index in [4.69, 9.17) is 15.6 Å². The number of nitro benzene ring substituents is 1. The molecule has 8 heteroatoms. The third kappa shape index (κ3) is 4.02. The number of carbonyl (C=O) groups excluding carboxylic acids is 1. The lowest BCUT2D eigenvalue weighted by molar-refractivity contribution is -0.386. The first-order chi connectivity index (χ1) is 9.47. The first-order valence-corrected chi connectivity index (χ1v) is 5.83. The lowest BCUT2D eigenvalue weighted by Crippen LogP contribution is -2.20. The van der Waals surface area contributed by atoms with Crippen molar-refractivity contribution in [1.82, 2.24) is 0 Å². The summed E-state index contributed by atoms with van der Waals surface area (Å²) in [5, 5.41) is 19.9. The van der Waals surface area contributed by atoms with Crippen LogP contribution in [0.5, 0.6) is 0 Å². The van der Waals surface area contributed by atoms with Crippen molar-refractivity contribution in [3.05, 3.63) is 39.9 Å². The molecule has 0 fully saturated rings. The number of hydrogen-bond acceptors (Lipinski definition) is 6. The number of aliphatic carboxylic acids is 1. The molecule has 1 rings (SSSR count). The van der Waals surface area contributed by atoms with E-state index in [-0.39, 0.29) is 18.5 Å². The highest BCUT2D eigenvalue weighted by Gasteiger charge is 2.30. The Balaban J connectivity index is 3.00. The van der Waals surface area contributed by atoms with E-state index in [1.165, 1.54) is 18.2 Å². The van der Waals surface area contributed by atoms with Gasteiger partial charge in [0.05, 0.1) is 10.5 Å². The van der Waals surface area contributed by atoms with Crippen LogP contribution in [0, 0.1) is 10.1 Å². The number of nitro groups is 1. The Labute approximate surface area is 114 Å². The van der Waals surface area contributed by atoms with Gasteiger partial charge in [0.25, 0.3) is 5.69 Å². The Bertz CT molecular complexity index is 516. The molecule has 1 aromatic rings. The molecule has 0 spiro atoms. The van der Waals surface area contributed by atoms with Crippen molar-refractivity contribution < 1.29 is 24.4 Å². The maximum Gasteiger partial charge on any atom is 0.350 e. The number of para-hydroxylation sites is 1. The molecule has 108 valence electrons. The summed E-state index contributed by atoms with van der Waals surface area (Å²) in [7, 11) is 0. The van der Waals surface area contributed by atoms with E-state index in [9.17, 15) is 19.7 Å². The number of carboxylic acid groups (broad SMARTS) is 1. The van der Waals surface area contributed by atoms with Crippen molar-refractivity contribution in [2.45, 2.75) is 18.9 Å². The largest absolute Gasteiger partial charge is 0.478 e. The minimum absolute atomic E-state index is 0.0408.